The van der Waals surface area contributed by atoms with Gasteiger partial charge >= 0.3 is 5.97 Å². The summed E-state index contributed by atoms with van der Waals surface area (Å²) in [5, 5.41) is 0.909. The molecular weight excluding hydrogens is 274 g/mol. The maximum Gasteiger partial charge on any atom is 0.350 e. The van der Waals surface area contributed by atoms with E-state index < -0.39 is 0 Å². The lowest BCUT2D eigenvalue weighted by molar-refractivity contribution is 0.0607. The van der Waals surface area contributed by atoms with Crippen molar-refractivity contribution >= 4 is 38.7 Å². The van der Waals surface area contributed by atoms with Gasteiger partial charge in [-0.05, 0) is 23.6 Å². The molecule has 1 aromatic carbocycles. The van der Waals surface area contributed by atoms with Crippen LogP contribution < -0.4 is 5.73 Å². The SMILES string of the molecule is COC(=O)c1sc2cc(C3=CCOCC3)ccc2c1N. The summed E-state index contributed by atoms with van der Waals surface area (Å²) >= 11 is 1.38. The van der Waals surface area contributed by atoms with Crippen LogP contribution in [0.25, 0.3) is 15.7 Å². The number of anilines is 1. The van der Waals surface area contributed by atoms with Crippen molar-refractivity contribution in [2.24, 2.45) is 0 Å². The first kappa shape index (κ1) is 13.1. The van der Waals surface area contributed by atoms with Crippen molar-refractivity contribution in [1.29, 1.82) is 0 Å². The van der Waals surface area contributed by atoms with E-state index in [1.807, 2.05) is 12.1 Å². The second-order valence-electron chi connectivity index (χ2n) is 4.60. The fourth-order valence-corrected chi connectivity index (χ4v) is 3.43. The molecule has 3 rings (SSSR count). The molecule has 2 heterocycles. The first-order chi connectivity index (χ1) is 9.70. The number of nitrogen functional groups attached to an aromatic ring is 1. The maximum atomic E-state index is 11.7. The number of rotatable bonds is 2. The monoisotopic (exact) mass is 289 g/mol. The molecule has 0 saturated heterocycles. The van der Waals surface area contributed by atoms with Gasteiger partial charge in [0.05, 0.1) is 26.0 Å². The molecule has 1 aromatic heterocycles. The molecule has 0 radical (unpaired) electrons. The van der Waals surface area contributed by atoms with Gasteiger partial charge in [-0.2, -0.15) is 0 Å². The molecule has 1 aliphatic rings. The molecule has 0 aliphatic carbocycles. The number of benzene rings is 1. The van der Waals surface area contributed by atoms with E-state index >= 15 is 0 Å². The van der Waals surface area contributed by atoms with Gasteiger partial charge in [-0.15, -0.1) is 11.3 Å². The number of hydrogen-bond acceptors (Lipinski definition) is 5. The average Bonchev–Trinajstić information content (AvgIpc) is 2.84. The van der Waals surface area contributed by atoms with E-state index in [1.165, 1.54) is 29.6 Å². The molecule has 0 bridgehead atoms. The number of nitrogens with two attached hydrogens (primary N) is 1. The fourth-order valence-electron chi connectivity index (χ4n) is 2.35. The van der Waals surface area contributed by atoms with Gasteiger partial charge in [0.25, 0.3) is 0 Å². The highest BCUT2D eigenvalue weighted by molar-refractivity contribution is 7.21. The number of hydrogen-bond donors (Lipinski definition) is 1. The van der Waals surface area contributed by atoms with Crippen molar-refractivity contribution in [2.45, 2.75) is 6.42 Å². The average molecular weight is 289 g/mol. The Hall–Kier alpha value is -1.85. The minimum atomic E-state index is -0.379. The van der Waals surface area contributed by atoms with Crippen LogP contribution in [0.2, 0.25) is 0 Å². The van der Waals surface area contributed by atoms with Crippen molar-refractivity contribution in [1.82, 2.24) is 0 Å². The molecule has 4 nitrogen and oxygen atoms in total. The van der Waals surface area contributed by atoms with Crippen molar-refractivity contribution in [2.75, 3.05) is 26.1 Å². The first-order valence-corrected chi connectivity index (χ1v) is 7.20. The summed E-state index contributed by atoms with van der Waals surface area (Å²) in [4.78, 5) is 12.1. The van der Waals surface area contributed by atoms with Crippen molar-refractivity contribution in [3.05, 3.63) is 34.7 Å². The third-order valence-corrected chi connectivity index (χ3v) is 4.58. The Kier molecular flexibility index (Phi) is 3.46. The van der Waals surface area contributed by atoms with Crippen LogP contribution in [-0.2, 0) is 9.47 Å². The molecule has 2 aromatic rings. The number of carbonyl (C=O) groups excluding carboxylic acids is 1. The number of ether oxygens (including phenoxy) is 2. The van der Waals surface area contributed by atoms with Gasteiger partial charge in [0.2, 0.25) is 0 Å². The Morgan fingerprint density at radius 1 is 1.45 bits per heavy atom. The maximum absolute atomic E-state index is 11.7. The van der Waals surface area contributed by atoms with Crippen LogP contribution in [0.3, 0.4) is 0 Å². The van der Waals surface area contributed by atoms with Crippen LogP contribution in [-0.4, -0.2) is 26.3 Å². The normalized spacial score (nSPS) is 15.2. The topological polar surface area (TPSA) is 61.5 Å². The Morgan fingerprint density at radius 3 is 3.00 bits per heavy atom. The molecule has 104 valence electrons. The number of thiophene rings is 1. The van der Waals surface area contributed by atoms with Gasteiger partial charge < -0.3 is 15.2 Å². The van der Waals surface area contributed by atoms with E-state index in [0.717, 1.165) is 23.1 Å². The van der Waals surface area contributed by atoms with E-state index in [4.69, 9.17) is 15.2 Å². The van der Waals surface area contributed by atoms with Crippen LogP contribution in [0.15, 0.2) is 24.3 Å². The molecule has 0 amide bonds. The largest absolute Gasteiger partial charge is 0.465 e. The lowest BCUT2D eigenvalue weighted by atomic mass is 10.0. The molecule has 5 heteroatoms. The third-order valence-electron chi connectivity index (χ3n) is 3.43. The quantitative estimate of drug-likeness (QED) is 0.863. The molecule has 2 N–H and O–H groups in total. The Labute approximate surface area is 120 Å². The summed E-state index contributed by atoms with van der Waals surface area (Å²) in [5.41, 5.74) is 8.97. The summed E-state index contributed by atoms with van der Waals surface area (Å²) in [6, 6.07) is 6.10. The molecule has 20 heavy (non-hydrogen) atoms. The van der Waals surface area contributed by atoms with Gasteiger partial charge in [-0.25, -0.2) is 4.79 Å². The molecule has 0 unspecified atom stereocenters. The zero-order valence-electron chi connectivity index (χ0n) is 11.1. The molecule has 0 spiro atoms. The van der Waals surface area contributed by atoms with E-state index in [0.29, 0.717) is 17.2 Å². The van der Waals surface area contributed by atoms with Crippen LogP contribution >= 0.6 is 11.3 Å². The predicted octanol–water partition coefficient (Wildman–Crippen LogP) is 3.07. The van der Waals surface area contributed by atoms with Gasteiger partial charge in [0.15, 0.2) is 0 Å². The van der Waals surface area contributed by atoms with E-state index in [-0.39, 0.29) is 5.97 Å². The molecule has 0 atom stereocenters. The summed E-state index contributed by atoms with van der Waals surface area (Å²) in [6.07, 6.45) is 3.01. The number of esters is 1. The van der Waals surface area contributed by atoms with Crippen molar-refractivity contribution in [3.8, 4) is 0 Å². The highest BCUT2D eigenvalue weighted by Crippen LogP contribution is 2.36. The van der Waals surface area contributed by atoms with Crippen LogP contribution in [0.1, 0.15) is 21.7 Å². The minimum Gasteiger partial charge on any atom is -0.465 e. The summed E-state index contributed by atoms with van der Waals surface area (Å²) in [5.74, 6) is -0.379. The van der Waals surface area contributed by atoms with Gasteiger partial charge in [0.1, 0.15) is 4.88 Å². The lowest BCUT2D eigenvalue weighted by Crippen LogP contribution is -2.03. The van der Waals surface area contributed by atoms with Crippen LogP contribution in [0, 0.1) is 0 Å². The highest BCUT2D eigenvalue weighted by atomic mass is 32.1. The fraction of sp³-hybridized carbons (Fsp3) is 0.267. The van der Waals surface area contributed by atoms with Crippen LogP contribution in [0.5, 0.6) is 0 Å². The second-order valence-corrected chi connectivity index (χ2v) is 5.65. The Bertz CT molecular complexity index is 702. The van der Waals surface area contributed by atoms with E-state index in [1.54, 1.807) is 0 Å². The Morgan fingerprint density at radius 2 is 2.30 bits per heavy atom. The van der Waals surface area contributed by atoms with Crippen LogP contribution in [0.4, 0.5) is 5.69 Å². The zero-order chi connectivity index (χ0) is 14.1. The van der Waals surface area contributed by atoms with Crippen molar-refractivity contribution in [3.63, 3.8) is 0 Å². The predicted molar refractivity (Wildman–Crippen MR) is 81.0 cm³/mol. The summed E-state index contributed by atoms with van der Waals surface area (Å²) in [7, 11) is 1.37. The minimum absolute atomic E-state index is 0.379. The number of methoxy groups -OCH3 is 1. The van der Waals surface area contributed by atoms with Crippen molar-refractivity contribution < 1.29 is 14.3 Å². The third kappa shape index (κ3) is 2.19. The lowest BCUT2D eigenvalue weighted by Gasteiger charge is -2.13. The molecule has 0 saturated carbocycles. The Balaban J connectivity index is 2.07. The second kappa shape index (κ2) is 5.26. The standard InChI is InChI=1S/C15H15NO3S/c1-18-15(17)14-13(16)11-3-2-10(8-12(11)20-14)9-4-6-19-7-5-9/h2-4,8H,5-7,16H2,1H3. The van der Waals surface area contributed by atoms with E-state index in [2.05, 4.69) is 12.1 Å². The summed E-state index contributed by atoms with van der Waals surface area (Å²) < 4.78 is 11.1. The first-order valence-electron chi connectivity index (χ1n) is 6.38. The highest BCUT2D eigenvalue weighted by Gasteiger charge is 2.17. The smallest absolute Gasteiger partial charge is 0.350 e. The zero-order valence-corrected chi connectivity index (χ0v) is 12.0. The van der Waals surface area contributed by atoms with Gasteiger partial charge in [-0.3, -0.25) is 0 Å². The number of carbonyl (C=O) groups is 1. The summed E-state index contributed by atoms with van der Waals surface area (Å²) in [6.45, 7) is 1.41. The molecular formula is C15H15NO3S. The molecule has 1 aliphatic heterocycles. The van der Waals surface area contributed by atoms with E-state index in [9.17, 15) is 4.79 Å². The van der Waals surface area contributed by atoms with Gasteiger partial charge in [0, 0.05) is 10.1 Å². The van der Waals surface area contributed by atoms with Gasteiger partial charge in [-0.1, -0.05) is 18.2 Å². The molecule has 0 fully saturated rings. The number of fused-ring (bicyclic) bond motifs is 1.